The molecule has 1 amide bonds. The predicted molar refractivity (Wildman–Crippen MR) is 91.2 cm³/mol. The van der Waals surface area contributed by atoms with Crippen LogP contribution in [0.5, 0.6) is 0 Å². The van der Waals surface area contributed by atoms with Gasteiger partial charge >= 0.3 is 5.97 Å². The Kier molecular flexibility index (Phi) is 8.64. The van der Waals surface area contributed by atoms with Gasteiger partial charge in [0.1, 0.15) is 6.04 Å². The van der Waals surface area contributed by atoms with Crippen molar-refractivity contribution in [1.29, 1.82) is 0 Å². The van der Waals surface area contributed by atoms with Crippen LogP contribution in [0.1, 0.15) is 35.2 Å². The van der Waals surface area contributed by atoms with Crippen molar-refractivity contribution in [3.05, 3.63) is 42.0 Å². The third kappa shape index (κ3) is 7.08. The van der Waals surface area contributed by atoms with E-state index >= 15 is 0 Å². The molecule has 1 aromatic rings. The van der Waals surface area contributed by atoms with Gasteiger partial charge in [0.2, 0.25) is 0 Å². The molecule has 0 aliphatic carbocycles. The van der Waals surface area contributed by atoms with Gasteiger partial charge in [0.15, 0.2) is 0 Å². The molecule has 6 nitrogen and oxygen atoms in total. The molecule has 6 heteroatoms. The standard InChI is InChI=1S/C17H25N3O3/c1-2-13-6-8-14(9-7-13)16(21)20-12-11-19-15(17(22)23)5-3-4-10-18/h2,6-9,15,19H,1,3-5,10-12,18H2,(H,20,21)(H,22,23)/t15-/m0/s1. The van der Waals surface area contributed by atoms with Gasteiger partial charge in [0.25, 0.3) is 5.91 Å². The molecule has 1 atom stereocenters. The van der Waals surface area contributed by atoms with Gasteiger partial charge in [-0.15, -0.1) is 0 Å². The van der Waals surface area contributed by atoms with Crippen molar-refractivity contribution >= 4 is 18.0 Å². The summed E-state index contributed by atoms with van der Waals surface area (Å²) in [4.78, 5) is 23.1. The minimum atomic E-state index is -0.881. The van der Waals surface area contributed by atoms with Crippen molar-refractivity contribution in [3.8, 4) is 0 Å². The van der Waals surface area contributed by atoms with Crippen molar-refractivity contribution in [2.24, 2.45) is 5.73 Å². The van der Waals surface area contributed by atoms with Crippen molar-refractivity contribution in [1.82, 2.24) is 10.6 Å². The maximum absolute atomic E-state index is 11.9. The van der Waals surface area contributed by atoms with Gasteiger partial charge in [-0.1, -0.05) is 31.2 Å². The van der Waals surface area contributed by atoms with Gasteiger partial charge in [-0.25, -0.2) is 0 Å². The van der Waals surface area contributed by atoms with E-state index in [1.165, 1.54) is 0 Å². The van der Waals surface area contributed by atoms with E-state index < -0.39 is 12.0 Å². The highest BCUT2D eigenvalue weighted by molar-refractivity contribution is 5.94. The molecule has 0 heterocycles. The van der Waals surface area contributed by atoms with E-state index in [0.717, 1.165) is 18.4 Å². The van der Waals surface area contributed by atoms with Crippen LogP contribution in [0, 0.1) is 0 Å². The third-order valence-electron chi connectivity index (χ3n) is 3.45. The average Bonchev–Trinajstić information content (AvgIpc) is 2.56. The molecule has 0 fully saturated rings. The monoisotopic (exact) mass is 319 g/mol. The number of carbonyl (C=O) groups is 2. The van der Waals surface area contributed by atoms with Crippen LogP contribution in [0.15, 0.2) is 30.8 Å². The van der Waals surface area contributed by atoms with E-state index in [0.29, 0.717) is 31.6 Å². The van der Waals surface area contributed by atoms with Crippen molar-refractivity contribution < 1.29 is 14.7 Å². The fourth-order valence-electron chi connectivity index (χ4n) is 2.10. The second kappa shape index (κ2) is 10.5. The Morgan fingerprint density at radius 2 is 1.91 bits per heavy atom. The summed E-state index contributed by atoms with van der Waals surface area (Å²) in [6.07, 6.45) is 3.82. The van der Waals surface area contributed by atoms with E-state index in [1.54, 1.807) is 18.2 Å². The number of carboxylic acid groups (broad SMARTS) is 1. The van der Waals surface area contributed by atoms with Crippen molar-refractivity contribution in [2.45, 2.75) is 25.3 Å². The molecule has 0 saturated carbocycles. The lowest BCUT2D eigenvalue weighted by Gasteiger charge is -2.14. The highest BCUT2D eigenvalue weighted by atomic mass is 16.4. The number of unbranched alkanes of at least 4 members (excludes halogenated alkanes) is 1. The molecule has 0 saturated heterocycles. The normalized spacial score (nSPS) is 11.7. The van der Waals surface area contributed by atoms with Gasteiger partial charge in [-0.3, -0.25) is 9.59 Å². The minimum absolute atomic E-state index is 0.183. The molecule has 5 N–H and O–H groups in total. The van der Waals surface area contributed by atoms with Gasteiger partial charge < -0.3 is 21.5 Å². The average molecular weight is 319 g/mol. The van der Waals surface area contributed by atoms with Gasteiger partial charge in [0.05, 0.1) is 0 Å². The van der Waals surface area contributed by atoms with Crippen molar-refractivity contribution in [2.75, 3.05) is 19.6 Å². The van der Waals surface area contributed by atoms with E-state index in [2.05, 4.69) is 17.2 Å². The lowest BCUT2D eigenvalue weighted by Crippen LogP contribution is -2.41. The third-order valence-corrected chi connectivity index (χ3v) is 3.45. The van der Waals surface area contributed by atoms with E-state index in [9.17, 15) is 9.59 Å². The molecule has 0 aliphatic heterocycles. The molecule has 0 aliphatic rings. The number of aliphatic carboxylic acids is 1. The van der Waals surface area contributed by atoms with Crippen LogP contribution in [0.4, 0.5) is 0 Å². The first-order valence-corrected chi connectivity index (χ1v) is 7.75. The fourth-order valence-corrected chi connectivity index (χ4v) is 2.10. The zero-order valence-electron chi connectivity index (χ0n) is 13.3. The minimum Gasteiger partial charge on any atom is -0.480 e. The molecule has 0 bridgehead atoms. The lowest BCUT2D eigenvalue weighted by atomic mass is 10.1. The molecule has 0 unspecified atom stereocenters. The van der Waals surface area contributed by atoms with Crippen molar-refractivity contribution in [3.63, 3.8) is 0 Å². The number of carboxylic acids is 1. The van der Waals surface area contributed by atoms with Gasteiger partial charge in [-0.05, 0) is 37.1 Å². The Morgan fingerprint density at radius 3 is 2.48 bits per heavy atom. The first-order chi connectivity index (χ1) is 11.1. The predicted octanol–water partition coefficient (Wildman–Crippen LogP) is 1.23. The van der Waals surface area contributed by atoms with Crippen LogP contribution >= 0.6 is 0 Å². The molecular weight excluding hydrogens is 294 g/mol. The number of carbonyl (C=O) groups excluding carboxylic acids is 1. The lowest BCUT2D eigenvalue weighted by molar-refractivity contribution is -0.139. The smallest absolute Gasteiger partial charge is 0.320 e. The molecular formula is C17H25N3O3. The first-order valence-electron chi connectivity index (χ1n) is 7.75. The maximum Gasteiger partial charge on any atom is 0.320 e. The first kappa shape index (κ1) is 18.9. The summed E-state index contributed by atoms with van der Waals surface area (Å²) < 4.78 is 0. The highest BCUT2D eigenvalue weighted by Crippen LogP contribution is 2.05. The Bertz CT molecular complexity index is 514. The molecule has 0 aromatic heterocycles. The van der Waals surface area contributed by atoms with E-state index in [4.69, 9.17) is 10.8 Å². The molecule has 0 spiro atoms. The fraction of sp³-hybridized carbons (Fsp3) is 0.412. The van der Waals surface area contributed by atoms with E-state index in [-0.39, 0.29) is 5.91 Å². The SMILES string of the molecule is C=Cc1ccc(C(=O)NCCN[C@@H](CCCCN)C(=O)O)cc1. The van der Waals surface area contributed by atoms with Crippen LogP contribution in [0.25, 0.3) is 6.08 Å². The summed E-state index contributed by atoms with van der Waals surface area (Å²) in [6.45, 7) is 4.98. The summed E-state index contributed by atoms with van der Waals surface area (Å²) in [7, 11) is 0. The largest absolute Gasteiger partial charge is 0.480 e. The summed E-state index contributed by atoms with van der Waals surface area (Å²) in [5.74, 6) is -1.06. The Hall–Kier alpha value is -2.18. The molecule has 23 heavy (non-hydrogen) atoms. The molecule has 0 radical (unpaired) electrons. The van der Waals surface area contributed by atoms with Crippen LogP contribution < -0.4 is 16.4 Å². The number of benzene rings is 1. The molecule has 1 aromatic carbocycles. The second-order valence-corrected chi connectivity index (χ2v) is 5.21. The highest BCUT2D eigenvalue weighted by Gasteiger charge is 2.15. The van der Waals surface area contributed by atoms with Gasteiger partial charge in [0, 0.05) is 18.7 Å². The molecule has 1 rings (SSSR count). The summed E-state index contributed by atoms with van der Waals surface area (Å²) >= 11 is 0. The Balaban J connectivity index is 2.32. The van der Waals surface area contributed by atoms with Crippen LogP contribution in [0.3, 0.4) is 0 Å². The van der Waals surface area contributed by atoms with Crippen LogP contribution in [-0.4, -0.2) is 42.7 Å². The van der Waals surface area contributed by atoms with E-state index in [1.807, 2.05) is 12.1 Å². The number of hydrogen-bond donors (Lipinski definition) is 4. The maximum atomic E-state index is 11.9. The quantitative estimate of drug-likeness (QED) is 0.459. The number of rotatable bonds is 11. The van der Waals surface area contributed by atoms with Crippen LogP contribution in [-0.2, 0) is 4.79 Å². The number of amides is 1. The Morgan fingerprint density at radius 1 is 1.22 bits per heavy atom. The number of nitrogens with one attached hydrogen (secondary N) is 2. The number of hydrogen-bond acceptors (Lipinski definition) is 4. The van der Waals surface area contributed by atoms with Crippen LogP contribution in [0.2, 0.25) is 0 Å². The topological polar surface area (TPSA) is 104 Å². The number of nitrogens with two attached hydrogens (primary N) is 1. The Labute approximate surface area is 136 Å². The summed E-state index contributed by atoms with van der Waals surface area (Å²) in [5.41, 5.74) is 6.91. The summed E-state index contributed by atoms with van der Waals surface area (Å²) in [6, 6.07) is 6.49. The molecule has 126 valence electrons. The zero-order valence-corrected chi connectivity index (χ0v) is 13.3. The summed E-state index contributed by atoms with van der Waals surface area (Å²) in [5, 5.41) is 14.8. The van der Waals surface area contributed by atoms with Gasteiger partial charge in [-0.2, -0.15) is 0 Å². The second-order valence-electron chi connectivity index (χ2n) is 5.21. The zero-order chi connectivity index (χ0) is 17.1.